The number of nitrogen functional groups attached to an aromatic ring is 1. The summed E-state index contributed by atoms with van der Waals surface area (Å²) in [6.45, 7) is 2.86. The molecule has 82 valence electrons. The monoisotopic (exact) mass is 228 g/mol. The highest BCUT2D eigenvalue weighted by Gasteiger charge is 2.23. The number of anilines is 2. The van der Waals surface area contributed by atoms with Crippen molar-refractivity contribution in [2.24, 2.45) is 0 Å². The van der Waals surface area contributed by atoms with Gasteiger partial charge < -0.3 is 10.6 Å². The molecule has 15 heavy (non-hydrogen) atoms. The van der Waals surface area contributed by atoms with Gasteiger partial charge in [-0.1, -0.05) is 0 Å². The van der Waals surface area contributed by atoms with Crippen LogP contribution in [-0.4, -0.2) is 34.1 Å². The molecule has 0 aliphatic carbocycles. The Balaban J connectivity index is 2.30. The van der Waals surface area contributed by atoms with Crippen molar-refractivity contribution in [3.63, 3.8) is 0 Å². The molecule has 6 heteroatoms. The molecular weight excluding hydrogens is 215 g/mol. The molecule has 1 saturated heterocycles. The van der Waals surface area contributed by atoms with E-state index in [9.17, 15) is 4.39 Å². The Bertz CT molecular complexity index is 360. The lowest BCUT2D eigenvalue weighted by atomic mass is 10.3. The van der Waals surface area contributed by atoms with Gasteiger partial charge in [0.2, 0.25) is 5.95 Å². The Kier molecular flexibility index (Phi) is 2.95. The smallest absolute Gasteiger partial charge is 0.222 e. The van der Waals surface area contributed by atoms with Crippen LogP contribution >= 0.6 is 11.8 Å². The molecule has 0 aromatic carbocycles. The summed E-state index contributed by atoms with van der Waals surface area (Å²) in [4.78, 5) is 9.52. The highest BCUT2D eigenvalue weighted by atomic mass is 32.2. The van der Waals surface area contributed by atoms with Crippen molar-refractivity contribution in [1.82, 2.24) is 9.97 Å². The standard InChI is InChI=1S/C9H13FN4S/c1-6-5-15-3-2-14(6)8-7(10)4-12-9(11)13-8/h4,6H,2-3,5H2,1H3,(H2,11,12,13). The first-order chi connectivity index (χ1) is 7.18. The molecular formula is C9H13FN4S. The quantitative estimate of drug-likeness (QED) is 0.781. The van der Waals surface area contributed by atoms with Gasteiger partial charge in [0.15, 0.2) is 11.6 Å². The Morgan fingerprint density at radius 2 is 2.47 bits per heavy atom. The van der Waals surface area contributed by atoms with E-state index in [4.69, 9.17) is 5.73 Å². The summed E-state index contributed by atoms with van der Waals surface area (Å²) in [5.41, 5.74) is 5.46. The van der Waals surface area contributed by atoms with Crippen LogP contribution in [-0.2, 0) is 0 Å². The average molecular weight is 228 g/mol. The van der Waals surface area contributed by atoms with Gasteiger partial charge in [-0.05, 0) is 6.92 Å². The van der Waals surface area contributed by atoms with E-state index in [0.29, 0.717) is 5.82 Å². The van der Waals surface area contributed by atoms with Crippen molar-refractivity contribution in [3.05, 3.63) is 12.0 Å². The summed E-state index contributed by atoms with van der Waals surface area (Å²) >= 11 is 1.87. The summed E-state index contributed by atoms with van der Waals surface area (Å²) in [5.74, 6) is 2.03. The third-order valence-electron chi connectivity index (χ3n) is 2.38. The molecule has 1 aliphatic heterocycles. The van der Waals surface area contributed by atoms with Gasteiger partial charge in [0, 0.05) is 24.1 Å². The zero-order valence-corrected chi connectivity index (χ0v) is 9.30. The van der Waals surface area contributed by atoms with E-state index in [2.05, 4.69) is 16.9 Å². The summed E-state index contributed by atoms with van der Waals surface area (Å²) in [6, 6.07) is 0.285. The van der Waals surface area contributed by atoms with Crippen molar-refractivity contribution in [1.29, 1.82) is 0 Å². The van der Waals surface area contributed by atoms with Gasteiger partial charge >= 0.3 is 0 Å². The zero-order valence-electron chi connectivity index (χ0n) is 8.48. The van der Waals surface area contributed by atoms with Gasteiger partial charge in [-0.15, -0.1) is 0 Å². The van der Waals surface area contributed by atoms with Crippen molar-refractivity contribution >= 4 is 23.5 Å². The minimum Gasteiger partial charge on any atom is -0.368 e. The molecule has 0 radical (unpaired) electrons. The molecule has 1 aromatic rings. The fourth-order valence-electron chi connectivity index (χ4n) is 1.61. The molecule has 0 saturated carbocycles. The molecule has 1 atom stereocenters. The van der Waals surface area contributed by atoms with E-state index in [1.807, 2.05) is 16.7 Å². The highest BCUT2D eigenvalue weighted by Crippen LogP contribution is 2.24. The predicted octanol–water partition coefficient (Wildman–Crippen LogP) is 1.14. The maximum atomic E-state index is 13.5. The SMILES string of the molecule is CC1CSCCN1c1nc(N)ncc1F. The second-order valence-corrected chi connectivity index (χ2v) is 4.67. The number of thioether (sulfide) groups is 1. The minimum absolute atomic E-state index is 0.122. The molecule has 0 bridgehead atoms. The summed E-state index contributed by atoms with van der Waals surface area (Å²) < 4.78 is 13.5. The van der Waals surface area contributed by atoms with E-state index in [1.165, 1.54) is 0 Å². The second kappa shape index (κ2) is 4.22. The van der Waals surface area contributed by atoms with E-state index in [0.717, 1.165) is 24.2 Å². The Hall–Kier alpha value is -1.04. The van der Waals surface area contributed by atoms with Gasteiger partial charge in [-0.25, -0.2) is 9.37 Å². The molecule has 1 aliphatic rings. The van der Waals surface area contributed by atoms with Crippen LogP contribution < -0.4 is 10.6 Å². The lowest BCUT2D eigenvalue weighted by Gasteiger charge is -2.34. The van der Waals surface area contributed by atoms with Crippen molar-refractivity contribution in [2.75, 3.05) is 28.7 Å². The predicted molar refractivity (Wildman–Crippen MR) is 60.5 cm³/mol. The van der Waals surface area contributed by atoms with Crippen LogP contribution in [0.3, 0.4) is 0 Å². The first-order valence-electron chi connectivity index (χ1n) is 4.81. The average Bonchev–Trinajstić information content (AvgIpc) is 2.23. The van der Waals surface area contributed by atoms with Crippen LogP contribution in [0, 0.1) is 5.82 Å². The maximum Gasteiger partial charge on any atom is 0.222 e. The lowest BCUT2D eigenvalue weighted by Crippen LogP contribution is -2.41. The number of halogens is 1. The molecule has 2 N–H and O–H groups in total. The van der Waals surface area contributed by atoms with Gasteiger partial charge in [-0.2, -0.15) is 16.7 Å². The number of aromatic nitrogens is 2. The summed E-state index contributed by atoms with van der Waals surface area (Å²) in [6.07, 6.45) is 1.13. The minimum atomic E-state index is -0.400. The first-order valence-corrected chi connectivity index (χ1v) is 5.96. The molecule has 0 amide bonds. The van der Waals surface area contributed by atoms with Gasteiger partial charge in [-0.3, -0.25) is 0 Å². The Morgan fingerprint density at radius 3 is 3.20 bits per heavy atom. The number of rotatable bonds is 1. The van der Waals surface area contributed by atoms with Gasteiger partial charge in [0.25, 0.3) is 0 Å². The van der Waals surface area contributed by atoms with Crippen LogP contribution in [0.5, 0.6) is 0 Å². The second-order valence-electron chi connectivity index (χ2n) is 3.52. The largest absolute Gasteiger partial charge is 0.368 e. The maximum absolute atomic E-state index is 13.5. The molecule has 2 heterocycles. The topological polar surface area (TPSA) is 55.0 Å². The van der Waals surface area contributed by atoms with Crippen LogP contribution in [0.25, 0.3) is 0 Å². The highest BCUT2D eigenvalue weighted by molar-refractivity contribution is 7.99. The number of hydrogen-bond acceptors (Lipinski definition) is 5. The first kappa shape index (κ1) is 10.5. The number of nitrogens with two attached hydrogens (primary N) is 1. The molecule has 1 fully saturated rings. The Morgan fingerprint density at radius 1 is 1.67 bits per heavy atom. The van der Waals surface area contributed by atoms with Crippen LogP contribution in [0.2, 0.25) is 0 Å². The number of hydrogen-bond donors (Lipinski definition) is 1. The third kappa shape index (κ3) is 2.14. The molecule has 1 aromatic heterocycles. The van der Waals surface area contributed by atoms with E-state index >= 15 is 0 Å². The summed E-state index contributed by atoms with van der Waals surface area (Å²) in [5, 5.41) is 0. The summed E-state index contributed by atoms with van der Waals surface area (Å²) in [7, 11) is 0. The van der Waals surface area contributed by atoms with Crippen molar-refractivity contribution < 1.29 is 4.39 Å². The molecule has 1 unspecified atom stereocenters. The fourth-order valence-corrected chi connectivity index (χ4v) is 2.63. The normalized spacial score (nSPS) is 21.7. The zero-order chi connectivity index (χ0) is 10.8. The van der Waals surface area contributed by atoms with E-state index in [1.54, 1.807) is 0 Å². The van der Waals surface area contributed by atoms with E-state index < -0.39 is 5.82 Å². The third-order valence-corrected chi connectivity index (χ3v) is 3.57. The van der Waals surface area contributed by atoms with Crippen LogP contribution in [0.15, 0.2) is 6.20 Å². The lowest BCUT2D eigenvalue weighted by molar-refractivity contribution is 0.588. The molecule has 0 spiro atoms. The Labute approximate surface area is 92.1 Å². The van der Waals surface area contributed by atoms with Crippen molar-refractivity contribution in [3.8, 4) is 0 Å². The van der Waals surface area contributed by atoms with Gasteiger partial charge in [0.05, 0.1) is 6.20 Å². The van der Waals surface area contributed by atoms with E-state index in [-0.39, 0.29) is 12.0 Å². The van der Waals surface area contributed by atoms with Crippen molar-refractivity contribution in [2.45, 2.75) is 13.0 Å². The van der Waals surface area contributed by atoms with Crippen LogP contribution in [0.4, 0.5) is 16.2 Å². The number of nitrogens with zero attached hydrogens (tertiary/aromatic N) is 3. The van der Waals surface area contributed by atoms with Gasteiger partial charge in [0.1, 0.15) is 0 Å². The van der Waals surface area contributed by atoms with Crippen LogP contribution in [0.1, 0.15) is 6.92 Å². The fraction of sp³-hybridized carbons (Fsp3) is 0.556. The molecule has 2 rings (SSSR count). The molecule has 4 nitrogen and oxygen atoms in total.